The number of rotatable bonds is 8. The van der Waals surface area contributed by atoms with Crippen molar-refractivity contribution in [3.63, 3.8) is 0 Å². The standard InChI is InChI=1S/C19H29N3O4/c1-4-26-16-8-6-5-7-15(16)21-18(24)19(2,3)17(23)20-9-10-22-11-13-25-14-12-22/h5-8H,4,9-14H2,1-3H3,(H,20,23)(H,21,24). The van der Waals surface area contributed by atoms with Crippen molar-refractivity contribution in [1.82, 2.24) is 10.2 Å². The number of ether oxygens (including phenoxy) is 2. The quantitative estimate of drug-likeness (QED) is 0.684. The largest absolute Gasteiger partial charge is 0.492 e. The maximum absolute atomic E-state index is 12.6. The molecule has 1 aliphatic rings. The van der Waals surface area contributed by atoms with Gasteiger partial charge in [0.1, 0.15) is 11.2 Å². The van der Waals surface area contributed by atoms with Gasteiger partial charge < -0.3 is 20.1 Å². The summed E-state index contributed by atoms with van der Waals surface area (Å²) in [7, 11) is 0. The topological polar surface area (TPSA) is 79.9 Å². The molecule has 144 valence electrons. The number of morpholine rings is 1. The number of anilines is 1. The second-order valence-corrected chi connectivity index (χ2v) is 6.72. The fourth-order valence-corrected chi connectivity index (χ4v) is 2.61. The fraction of sp³-hybridized carbons (Fsp3) is 0.579. The predicted molar refractivity (Wildman–Crippen MR) is 100 cm³/mol. The van der Waals surface area contributed by atoms with Crippen LogP contribution in [0.25, 0.3) is 0 Å². The number of carbonyl (C=O) groups excluding carboxylic acids is 2. The average molecular weight is 363 g/mol. The van der Waals surface area contributed by atoms with E-state index >= 15 is 0 Å². The molecule has 2 N–H and O–H groups in total. The number of hydrogen-bond donors (Lipinski definition) is 2. The van der Waals surface area contributed by atoms with Crippen LogP contribution >= 0.6 is 0 Å². The monoisotopic (exact) mass is 363 g/mol. The first-order chi connectivity index (χ1) is 12.4. The summed E-state index contributed by atoms with van der Waals surface area (Å²) in [5.41, 5.74) is -0.627. The Morgan fingerprint density at radius 3 is 2.58 bits per heavy atom. The number of nitrogens with zero attached hydrogens (tertiary/aromatic N) is 1. The van der Waals surface area contributed by atoms with Gasteiger partial charge in [-0.1, -0.05) is 12.1 Å². The molecule has 0 saturated carbocycles. The van der Waals surface area contributed by atoms with Crippen LogP contribution < -0.4 is 15.4 Å². The lowest BCUT2D eigenvalue weighted by molar-refractivity contribution is -0.138. The Morgan fingerprint density at radius 1 is 1.19 bits per heavy atom. The minimum Gasteiger partial charge on any atom is -0.492 e. The van der Waals surface area contributed by atoms with Crippen molar-refractivity contribution in [3.05, 3.63) is 24.3 Å². The summed E-state index contributed by atoms with van der Waals surface area (Å²) in [6.45, 7) is 10.1. The van der Waals surface area contributed by atoms with E-state index in [1.54, 1.807) is 26.0 Å². The highest BCUT2D eigenvalue weighted by Gasteiger charge is 2.36. The zero-order valence-corrected chi connectivity index (χ0v) is 15.8. The fourth-order valence-electron chi connectivity index (χ4n) is 2.61. The van der Waals surface area contributed by atoms with E-state index in [2.05, 4.69) is 15.5 Å². The van der Waals surface area contributed by atoms with Gasteiger partial charge in [0.2, 0.25) is 11.8 Å². The molecule has 0 aromatic heterocycles. The summed E-state index contributed by atoms with van der Waals surface area (Å²) in [6.07, 6.45) is 0. The highest BCUT2D eigenvalue weighted by Crippen LogP contribution is 2.26. The van der Waals surface area contributed by atoms with Crippen LogP contribution in [0.15, 0.2) is 24.3 Å². The van der Waals surface area contributed by atoms with E-state index < -0.39 is 5.41 Å². The third-order valence-electron chi connectivity index (χ3n) is 4.39. The van der Waals surface area contributed by atoms with Gasteiger partial charge in [-0.15, -0.1) is 0 Å². The molecule has 0 aliphatic carbocycles. The first kappa shape index (κ1) is 20.2. The molecule has 0 atom stereocenters. The third-order valence-corrected chi connectivity index (χ3v) is 4.39. The molecule has 26 heavy (non-hydrogen) atoms. The van der Waals surface area contributed by atoms with Gasteiger partial charge in [0.05, 0.1) is 25.5 Å². The molecule has 7 nitrogen and oxygen atoms in total. The summed E-state index contributed by atoms with van der Waals surface area (Å²) in [6, 6.07) is 7.20. The molecule has 0 spiro atoms. The Morgan fingerprint density at radius 2 is 1.88 bits per heavy atom. The molecule has 0 radical (unpaired) electrons. The van der Waals surface area contributed by atoms with E-state index in [0.29, 0.717) is 24.6 Å². The summed E-state index contributed by atoms with van der Waals surface area (Å²) < 4.78 is 10.8. The molecule has 1 aliphatic heterocycles. The van der Waals surface area contributed by atoms with Crippen molar-refractivity contribution >= 4 is 17.5 Å². The molecule has 2 rings (SSSR count). The van der Waals surface area contributed by atoms with Crippen molar-refractivity contribution < 1.29 is 19.1 Å². The highest BCUT2D eigenvalue weighted by molar-refractivity contribution is 6.10. The smallest absolute Gasteiger partial charge is 0.239 e. The molecule has 2 amide bonds. The minimum absolute atomic E-state index is 0.294. The van der Waals surface area contributed by atoms with Crippen LogP contribution in [0, 0.1) is 5.41 Å². The van der Waals surface area contributed by atoms with Crippen LogP contribution in [0.1, 0.15) is 20.8 Å². The number of para-hydroxylation sites is 2. The zero-order valence-electron chi connectivity index (χ0n) is 15.8. The van der Waals surface area contributed by atoms with Gasteiger partial charge in [-0.2, -0.15) is 0 Å². The molecular weight excluding hydrogens is 334 g/mol. The van der Waals surface area contributed by atoms with Gasteiger partial charge in [0.15, 0.2) is 0 Å². The van der Waals surface area contributed by atoms with E-state index in [9.17, 15) is 9.59 Å². The SMILES string of the molecule is CCOc1ccccc1NC(=O)C(C)(C)C(=O)NCCN1CCOCC1. The molecule has 0 unspecified atom stereocenters. The zero-order chi connectivity index (χ0) is 19.0. The Bertz CT molecular complexity index is 613. The van der Waals surface area contributed by atoms with Crippen molar-refractivity contribution in [3.8, 4) is 5.75 Å². The van der Waals surface area contributed by atoms with Gasteiger partial charge >= 0.3 is 0 Å². The number of amides is 2. The first-order valence-electron chi connectivity index (χ1n) is 9.07. The van der Waals surface area contributed by atoms with Gasteiger partial charge in [0, 0.05) is 26.2 Å². The van der Waals surface area contributed by atoms with Gasteiger partial charge in [-0.05, 0) is 32.9 Å². The third kappa shape index (κ3) is 5.44. The summed E-state index contributed by atoms with van der Waals surface area (Å²) in [5.74, 6) is -0.0717. The van der Waals surface area contributed by atoms with Crippen molar-refractivity contribution in [2.24, 2.45) is 5.41 Å². The van der Waals surface area contributed by atoms with Crippen molar-refractivity contribution in [2.75, 3.05) is 51.3 Å². The maximum atomic E-state index is 12.6. The van der Waals surface area contributed by atoms with Crippen LogP contribution in [0.3, 0.4) is 0 Å². The molecule has 1 heterocycles. The second-order valence-electron chi connectivity index (χ2n) is 6.72. The molecule has 0 bridgehead atoms. The minimum atomic E-state index is -1.19. The van der Waals surface area contributed by atoms with Crippen LogP contribution in [0.2, 0.25) is 0 Å². The van der Waals surface area contributed by atoms with Crippen LogP contribution in [0.4, 0.5) is 5.69 Å². The van der Waals surface area contributed by atoms with E-state index in [-0.39, 0.29) is 11.8 Å². The second kappa shape index (κ2) is 9.54. The van der Waals surface area contributed by atoms with E-state index in [4.69, 9.17) is 9.47 Å². The van der Waals surface area contributed by atoms with E-state index in [1.165, 1.54) is 0 Å². The Kier molecular flexibility index (Phi) is 7.41. The normalized spacial score (nSPS) is 15.3. The van der Waals surface area contributed by atoms with Gasteiger partial charge in [0.25, 0.3) is 0 Å². The Labute approximate surface area is 155 Å². The predicted octanol–water partition coefficient (Wildman–Crippen LogP) is 1.50. The lowest BCUT2D eigenvalue weighted by atomic mass is 9.91. The van der Waals surface area contributed by atoms with E-state index in [0.717, 1.165) is 32.8 Å². The number of carbonyl (C=O) groups is 2. The van der Waals surface area contributed by atoms with Gasteiger partial charge in [-0.3, -0.25) is 14.5 Å². The molecule has 1 aromatic carbocycles. The van der Waals surface area contributed by atoms with Gasteiger partial charge in [-0.25, -0.2) is 0 Å². The summed E-state index contributed by atoms with van der Waals surface area (Å²) in [4.78, 5) is 27.4. The first-order valence-corrected chi connectivity index (χ1v) is 9.07. The molecule has 1 saturated heterocycles. The lowest BCUT2D eigenvalue weighted by Crippen LogP contribution is -2.48. The number of benzene rings is 1. The summed E-state index contributed by atoms with van der Waals surface area (Å²) in [5, 5.41) is 5.67. The van der Waals surface area contributed by atoms with Crippen LogP contribution in [-0.4, -0.2) is 62.7 Å². The highest BCUT2D eigenvalue weighted by atomic mass is 16.5. The average Bonchev–Trinajstić information content (AvgIpc) is 2.64. The molecule has 1 fully saturated rings. The molecule has 1 aromatic rings. The number of nitrogens with one attached hydrogen (secondary N) is 2. The molecular formula is C19H29N3O4. The van der Waals surface area contributed by atoms with E-state index in [1.807, 2.05) is 19.1 Å². The Balaban J connectivity index is 1.88. The lowest BCUT2D eigenvalue weighted by Gasteiger charge is -2.28. The molecule has 7 heteroatoms. The maximum Gasteiger partial charge on any atom is 0.239 e. The van der Waals surface area contributed by atoms with Crippen molar-refractivity contribution in [2.45, 2.75) is 20.8 Å². The summed E-state index contributed by atoms with van der Waals surface area (Å²) >= 11 is 0. The van der Waals surface area contributed by atoms with Crippen LogP contribution in [0.5, 0.6) is 5.75 Å². The van der Waals surface area contributed by atoms with Crippen LogP contribution in [-0.2, 0) is 14.3 Å². The number of hydrogen-bond acceptors (Lipinski definition) is 5. The Hall–Kier alpha value is -2.12. The van der Waals surface area contributed by atoms with Crippen molar-refractivity contribution in [1.29, 1.82) is 0 Å².